The van der Waals surface area contributed by atoms with Crippen LogP contribution in [0.2, 0.25) is 0 Å². The molecular formula is C17H18N4OS. The first-order chi connectivity index (χ1) is 11.3. The molecule has 0 spiro atoms. The fraction of sp³-hybridized carbons (Fsp3) is 0.588. The van der Waals surface area contributed by atoms with Crippen LogP contribution in [-0.2, 0) is 5.41 Å². The summed E-state index contributed by atoms with van der Waals surface area (Å²) < 4.78 is 7.37. The molecule has 23 heavy (non-hydrogen) atoms. The van der Waals surface area contributed by atoms with Crippen molar-refractivity contribution in [1.82, 2.24) is 19.8 Å². The van der Waals surface area contributed by atoms with E-state index in [1.165, 1.54) is 43.5 Å². The van der Waals surface area contributed by atoms with E-state index in [1.54, 1.807) is 17.6 Å². The van der Waals surface area contributed by atoms with Gasteiger partial charge in [-0.3, -0.25) is 0 Å². The Morgan fingerprint density at radius 3 is 2.48 bits per heavy atom. The molecule has 4 saturated carbocycles. The van der Waals surface area contributed by atoms with Crippen molar-refractivity contribution in [3.05, 3.63) is 23.4 Å². The van der Waals surface area contributed by atoms with Crippen LogP contribution in [0.5, 0.6) is 0 Å². The topological polar surface area (TPSA) is 56.2 Å². The third-order valence-corrected chi connectivity index (χ3v) is 7.37. The molecule has 0 amide bonds. The van der Waals surface area contributed by atoms with Crippen molar-refractivity contribution in [3.63, 3.8) is 0 Å². The maximum atomic E-state index is 5.49. The Hall–Kier alpha value is -1.69. The minimum Gasteiger partial charge on any atom is -0.461 e. The highest BCUT2D eigenvalue weighted by molar-refractivity contribution is 7.16. The number of fused-ring (bicyclic) bond motifs is 1. The number of hydrogen-bond acceptors (Lipinski definition) is 5. The SMILES string of the molecule is c1coc(-c2nnc3sc(C45CC6CC(CC(C6)C4)C5)nn23)c1. The van der Waals surface area contributed by atoms with Gasteiger partial charge < -0.3 is 4.42 Å². The van der Waals surface area contributed by atoms with Gasteiger partial charge in [-0.25, -0.2) is 0 Å². The molecule has 4 aliphatic carbocycles. The maximum absolute atomic E-state index is 5.49. The average Bonchev–Trinajstić information content (AvgIpc) is 3.22. The summed E-state index contributed by atoms with van der Waals surface area (Å²) in [7, 11) is 0. The second-order valence-corrected chi connectivity index (χ2v) is 8.76. The first kappa shape index (κ1) is 12.7. The summed E-state index contributed by atoms with van der Waals surface area (Å²) in [4.78, 5) is 0.891. The molecule has 118 valence electrons. The Balaban J connectivity index is 1.48. The molecule has 3 heterocycles. The molecule has 7 rings (SSSR count). The Morgan fingerprint density at radius 2 is 1.83 bits per heavy atom. The van der Waals surface area contributed by atoms with Crippen molar-refractivity contribution in [1.29, 1.82) is 0 Å². The zero-order chi connectivity index (χ0) is 15.0. The van der Waals surface area contributed by atoms with Crippen LogP contribution in [0, 0.1) is 17.8 Å². The molecule has 4 aliphatic rings. The van der Waals surface area contributed by atoms with Crippen LogP contribution in [-0.4, -0.2) is 19.8 Å². The minimum absolute atomic E-state index is 0.320. The Kier molecular flexibility index (Phi) is 2.34. The molecule has 5 nitrogen and oxygen atoms in total. The summed E-state index contributed by atoms with van der Waals surface area (Å²) in [5.41, 5.74) is 0.320. The summed E-state index contributed by atoms with van der Waals surface area (Å²) >= 11 is 1.74. The minimum atomic E-state index is 0.320. The van der Waals surface area contributed by atoms with E-state index >= 15 is 0 Å². The maximum Gasteiger partial charge on any atom is 0.235 e. The molecule has 0 saturated heterocycles. The van der Waals surface area contributed by atoms with Crippen molar-refractivity contribution < 1.29 is 4.42 Å². The van der Waals surface area contributed by atoms with Gasteiger partial charge in [0.2, 0.25) is 10.8 Å². The number of hydrogen-bond donors (Lipinski definition) is 0. The number of nitrogens with zero attached hydrogens (tertiary/aromatic N) is 4. The van der Waals surface area contributed by atoms with Crippen LogP contribution in [0.15, 0.2) is 22.8 Å². The highest BCUT2D eigenvalue weighted by Gasteiger charge is 2.53. The van der Waals surface area contributed by atoms with E-state index in [9.17, 15) is 0 Å². The molecule has 0 radical (unpaired) electrons. The van der Waals surface area contributed by atoms with Crippen molar-refractivity contribution in [2.45, 2.75) is 43.9 Å². The number of furan rings is 1. The second kappa shape index (κ2) is 4.23. The van der Waals surface area contributed by atoms with Crippen LogP contribution in [0.25, 0.3) is 16.5 Å². The summed E-state index contributed by atoms with van der Waals surface area (Å²) in [5, 5.41) is 14.8. The van der Waals surface area contributed by atoms with Gasteiger partial charge in [-0.1, -0.05) is 11.3 Å². The zero-order valence-corrected chi connectivity index (χ0v) is 13.6. The summed E-state index contributed by atoms with van der Waals surface area (Å²) in [6.45, 7) is 0. The second-order valence-electron chi connectivity index (χ2n) is 7.80. The molecule has 0 unspecified atom stereocenters. The fourth-order valence-electron chi connectivity index (χ4n) is 5.76. The molecule has 3 aromatic rings. The van der Waals surface area contributed by atoms with Crippen LogP contribution in [0.4, 0.5) is 0 Å². The highest BCUT2D eigenvalue weighted by Crippen LogP contribution is 2.61. The standard InChI is InChI=1S/C17H18N4OS/c1-2-13(22-3-1)14-18-19-16-21(14)20-15(23-16)17-7-10-4-11(8-17)6-12(5-10)9-17/h1-3,10-12H,4-9H2. The van der Waals surface area contributed by atoms with E-state index < -0.39 is 0 Å². The molecule has 0 aliphatic heterocycles. The van der Waals surface area contributed by atoms with Crippen molar-refractivity contribution in [3.8, 4) is 11.6 Å². The molecular weight excluding hydrogens is 308 g/mol. The number of aromatic nitrogens is 4. The normalized spacial score (nSPS) is 35.4. The molecule has 3 aromatic heterocycles. The van der Waals surface area contributed by atoms with Crippen LogP contribution in [0.3, 0.4) is 0 Å². The molecule has 4 bridgehead atoms. The molecule has 0 N–H and O–H groups in total. The van der Waals surface area contributed by atoms with Crippen molar-refractivity contribution in [2.75, 3.05) is 0 Å². The van der Waals surface area contributed by atoms with Gasteiger partial charge in [0, 0.05) is 5.41 Å². The first-order valence-electron chi connectivity index (χ1n) is 8.56. The van der Waals surface area contributed by atoms with Crippen LogP contribution >= 0.6 is 11.3 Å². The van der Waals surface area contributed by atoms with Gasteiger partial charge in [-0.2, -0.15) is 9.61 Å². The van der Waals surface area contributed by atoms with E-state index in [4.69, 9.17) is 9.52 Å². The van der Waals surface area contributed by atoms with Crippen molar-refractivity contribution in [2.24, 2.45) is 17.8 Å². The molecule has 0 atom stereocenters. The van der Waals surface area contributed by atoms with E-state index in [0.29, 0.717) is 5.41 Å². The van der Waals surface area contributed by atoms with Gasteiger partial charge in [-0.05, 0) is 68.4 Å². The first-order valence-corrected chi connectivity index (χ1v) is 9.37. The predicted octanol–water partition coefficient (Wildman–Crippen LogP) is 3.91. The zero-order valence-electron chi connectivity index (χ0n) is 12.8. The fourth-order valence-corrected chi connectivity index (χ4v) is 6.82. The average molecular weight is 326 g/mol. The summed E-state index contributed by atoms with van der Waals surface area (Å²) in [5.74, 6) is 4.25. The largest absolute Gasteiger partial charge is 0.461 e. The van der Waals surface area contributed by atoms with E-state index in [-0.39, 0.29) is 0 Å². The van der Waals surface area contributed by atoms with Crippen LogP contribution < -0.4 is 0 Å². The molecule has 6 heteroatoms. The lowest BCUT2D eigenvalue weighted by Gasteiger charge is -2.55. The van der Waals surface area contributed by atoms with Gasteiger partial charge in [0.05, 0.1) is 6.26 Å². The third-order valence-electron chi connectivity index (χ3n) is 6.22. The molecule has 4 fully saturated rings. The quantitative estimate of drug-likeness (QED) is 0.716. The Morgan fingerprint density at radius 1 is 1.09 bits per heavy atom. The number of rotatable bonds is 2. The molecule has 0 aromatic carbocycles. The Labute approximate surface area is 137 Å². The van der Waals surface area contributed by atoms with Crippen molar-refractivity contribution >= 4 is 16.3 Å². The monoisotopic (exact) mass is 326 g/mol. The lowest BCUT2D eigenvalue weighted by Crippen LogP contribution is -2.48. The van der Waals surface area contributed by atoms with E-state index in [1.807, 2.05) is 16.6 Å². The van der Waals surface area contributed by atoms with Gasteiger partial charge in [-0.15, -0.1) is 10.2 Å². The summed E-state index contributed by atoms with van der Waals surface area (Å²) in [6, 6.07) is 3.79. The third kappa shape index (κ3) is 1.70. The van der Waals surface area contributed by atoms with Gasteiger partial charge in [0.1, 0.15) is 5.01 Å². The lowest BCUT2D eigenvalue weighted by molar-refractivity contribution is -0.00565. The Bertz CT molecular complexity index is 843. The van der Waals surface area contributed by atoms with E-state index in [0.717, 1.165) is 34.3 Å². The van der Waals surface area contributed by atoms with Gasteiger partial charge >= 0.3 is 0 Å². The lowest BCUT2D eigenvalue weighted by atomic mass is 9.50. The van der Waals surface area contributed by atoms with Gasteiger partial charge in [0.15, 0.2) is 5.76 Å². The van der Waals surface area contributed by atoms with E-state index in [2.05, 4.69) is 10.2 Å². The summed E-state index contributed by atoms with van der Waals surface area (Å²) in [6.07, 6.45) is 10.0. The highest BCUT2D eigenvalue weighted by atomic mass is 32.1. The smallest absolute Gasteiger partial charge is 0.235 e. The van der Waals surface area contributed by atoms with Gasteiger partial charge in [0.25, 0.3) is 0 Å². The predicted molar refractivity (Wildman–Crippen MR) is 86.2 cm³/mol. The van der Waals surface area contributed by atoms with Crippen LogP contribution in [0.1, 0.15) is 43.5 Å².